The van der Waals surface area contributed by atoms with Gasteiger partial charge in [-0.25, -0.2) is 0 Å². The van der Waals surface area contributed by atoms with Crippen LogP contribution >= 0.6 is 22.7 Å². The molecular formula is C48H28S2. The molecule has 0 bridgehead atoms. The highest BCUT2D eigenvalue weighted by Crippen LogP contribution is 2.48. The summed E-state index contributed by atoms with van der Waals surface area (Å²) in [6, 6.07) is 63.1. The summed E-state index contributed by atoms with van der Waals surface area (Å²) in [7, 11) is 0. The number of hydrogen-bond acceptors (Lipinski definition) is 2. The zero-order valence-corrected chi connectivity index (χ0v) is 28.6. The van der Waals surface area contributed by atoms with E-state index in [-0.39, 0.29) is 0 Å². The van der Waals surface area contributed by atoms with Crippen LogP contribution in [0.5, 0.6) is 0 Å². The summed E-state index contributed by atoms with van der Waals surface area (Å²) < 4.78 is 5.43. The predicted octanol–water partition coefficient (Wildman–Crippen LogP) is 14.9. The Morgan fingerprint density at radius 1 is 0.280 bits per heavy atom. The molecule has 0 atom stereocenters. The van der Waals surface area contributed by atoms with Crippen LogP contribution in [0.15, 0.2) is 170 Å². The summed E-state index contributed by atoms with van der Waals surface area (Å²) in [5.74, 6) is 0. The van der Waals surface area contributed by atoms with Crippen LogP contribution in [-0.4, -0.2) is 0 Å². The van der Waals surface area contributed by atoms with Crippen molar-refractivity contribution in [1.82, 2.24) is 0 Å². The van der Waals surface area contributed by atoms with Gasteiger partial charge in [0.2, 0.25) is 0 Å². The molecule has 11 aromatic rings. The maximum atomic E-state index is 2.46. The van der Waals surface area contributed by atoms with Crippen molar-refractivity contribution in [3.8, 4) is 33.4 Å². The Bertz CT molecular complexity index is 3100. The first-order chi connectivity index (χ1) is 24.8. The smallest absolute Gasteiger partial charge is 0.0448 e. The van der Waals surface area contributed by atoms with E-state index in [1.807, 2.05) is 22.7 Å². The lowest BCUT2D eigenvalue weighted by atomic mass is 9.85. The summed E-state index contributed by atoms with van der Waals surface area (Å²) in [6.45, 7) is 0. The second-order valence-electron chi connectivity index (χ2n) is 13.2. The Balaban J connectivity index is 1.16. The van der Waals surface area contributed by atoms with E-state index in [0.29, 0.717) is 0 Å². The van der Waals surface area contributed by atoms with E-state index < -0.39 is 0 Å². The molecule has 2 aromatic heterocycles. The Morgan fingerprint density at radius 2 is 0.840 bits per heavy atom. The maximum absolute atomic E-state index is 2.46. The predicted molar refractivity (Wildman–Crippen MR) is 221 cm³/mol. The fourth-order valence-corrected chi connectivity index (χ4v) is 10.6. The number of hydrogen-bond donors (Lipinski definition) is 0. The summed E-state index contributed by atoms with van der Waals surface area (Å²) in [5.41, 5.74) is 7.56. The minimum atomic E-state index is 1.23. The summed E-state index contributed by atoms with van der Waals surface area (Å²) in [6.07, 6.45) is 0. The molecule has 0 fully saturated rings. The van der Waals surface area contributed by atoms with E-state index in [2.05, 4.69) is 170 Å². The first-order valence-corrected chi connectivity index (χ1v) is 18.7. The number of thiophene rings is 2. The van der Waals surface area contributed by atoms with Gasteiger partial charge in [-0.15, -0.1) is 22.7 Å². The molecule has 0 radical (unpaired) electrons. The average molecular weight is 669 g/mol. The van der Waals surface area contributed by atoms with Gasteiger partial charge in [0.1, 0.15) is 0 Å². The van der Waals surface area contributed by atoms with E-state index in [1.165, 1.54) is 106 Å². The van der Waals surface area contributed by atoms with Gasteiger partial charge in [0, 0.05) is 40.3 Å². The monoisotopic (exact) mass is 668 g/mol. The standard InChI is InChI=1S/C48H28S2/c1-2-11-30-26-32(21-20-29(30)10-1)31-12-9-13-33(27-31)45-36-15-3-5-17-38(36)46(39-18-6-4-16-37(39)45)34-22-24-43-41(28-34)47-44(49-43)25-23-40-35-14-7-8-19-42(35)50-48(40)47/h1-28H. The van der Waals surface area contributed by atoms with Crippen LogP contribution in [0.25, 0.3) is 106 Å². The van der Waals surface area contributed by atoms with Crippen molar-refractivity contribution in [2.45, 2.75) is 0 Å². The SMILES string of the molecule is c1cc(-c2ccc3ccccc3c2)cc(-c2c3ccccc3c(-c3ccc4sc5ccc6c7ccccc7sc6c5c4c3)c3ccccc23)c1. The third-order valence-electron chi connectivity index (χ3n) is 10.4. The Labute approximate surface area is 297 Å². The normalized spacial score (nSPS) is 12.0. The van der Waals surface area contributed by atoms with E-state index in [4.69, 9.17) is 0 Å². The molecule has 0 aliphatic rings. The van der Waals surface area contributed by atoms with Crippen molar-refractivity contribution < 1.29 is 0 Å². The molecule has 0 nitrogen and oxygen atoms in total. The highest BCUT2D eigenvalue weighted by Gasteiger charge is 2.19. The number of rotatable bonds is 3. The Morgan fingerprint density at radius 3 is 1.60 bits per heavy atom. The molecular weight excluding hydrogens is 641 g/mol. The van der Waals surface area contributed by atoms with Gasteiger partial charge in [0.25, 0.3) is 0 Å². The van der Waals surface area contributed by atoms with Crippen LogP contribution in [0.1, 0.15) is 0 Å². The molecule has 0 saturated carbocycles. The molecule has 232 valence electrons. The molecule has 2 heterocycles. The highest BCUT2D eigenvalue weighted by atomic mass is 32.1. The lowest BCUT2D eigenvalue weighted by Crippen LogP contribution is -1.91. The molecule has 0 spiro atoms. The van der Waals surface area contributed by atoms with E-state index in [0.717, 1.165) is 0 Å². The first-order valence-electron chi connectivity index (χ1n) is 17.1. The summed E-state index contributed by atoms with van der Waals surface area (Å²) in [4.78, 5) is 0. The second kappa shape index (κ2) is 10.9. The van der Waals surface area contributed by atoms with Crippen LogP contribution in [0.3, 0.4) is 0 Å². The minimum Gasteiger partial charge on any atom is -0.135 e. The molecule has 0 saturated heterocycles. The lowest BCUT2D eigenvalue weighted by molar-refractivity contribution is 1.63. The Hall–Kier alpha value is -5.80. The van der Waals surface area contributed by atoms with Gasteiger partial charge >= 0.3 is 0 Å². The topological polar surface area (TPSA) is 0 Å². The van der Waals surface area contributed by atoms with Gasteiger partial charge in [-0.1, -0.05) is 133 Å². The highest BCUT2D eigenvalue weighted by molar-refractivity contribution is 7.29. The molecule has 0 amide bonds. The van der Waals surface area contributed by atoms with Crippen molar-refractivity contribution in [2.24, 2.45) is 0 Å². The molecule has 50 heavy (non-hydrogen) atoms. The van der Waals surface area contributed by atoms with Crippen LogP contribution < -0.4 is 0 Å². The molecule has 0 N–H and O–H groups in total. The quantitative estimate of drug-likeness (QED) is 0.164. The maximum Gasteiger partial charge on any atom is 0.0448 e. The average Bonchev–Trinajstić information content (AvgIpc) is 3.75. The van der Waals surface area contributed by atoms with Gasteiger partial charge in [0.05, 0.1) is 0 Å². The van der Waals surface area contributed by atoms with Crippen LogP contribution in [0, 0.1) is 0 Å². The van der Waals surface area contributed by atoms with E-state index in [1.54, 1.807) is 0 Å². The molecule has 0 unspecified atom stereocenters. The lowest BCUT2D eigenvalue weighted by Gasteiger charge is -2.18. The molecule has 0 aliphatic carbocycles. The first kappa shape index (κ1) is 28.1. The van der Waals surface area contributed by atoms with Crippen molar-refractivity contribution in [2.75, 3.05) is 0 Å². The fraction of sp³-hybridized carbons (Fsp3) is 0. The van der Waals surface area contributed by atoms with Crippen molar-refractivity contribution in [1.29, 1.82) is 0 Å². The van der Waals surface area contributed by atoms with Gasteiger partial charge < -0.3 is 0 Å². The van der Waals surface area contributed by atoms with Gasteiger partial charge in [0.15, 0.2) is 0 Å². The van der Waals surface area contributed by atoms with Crippen molar-refractivity contribution in [3.63, 3.8) is 0 Å². The molecule has 11 rings (SSSR count). The number of fused-ring (bicyclic) bond motifs is 10. The van der Waals surface area contributed by atoms with Crippen molar-refractivity contribution >= 4 is 95.3 Å². The molecule has 0 aliphatic heterocycles. The van der Waals surface area contributed by atoms with E-state index in [9.17, 15) is 0 Å². The number of benzene rings is 9. The van der Waals surface area contributed by atoms with Gasteiger partial charge in [-0.3, -0.25) is 0 Å². The third kappa shape index (κ3) is 4.16. The largest absolute Gasteiger partial charge is 0.135 e. The second-order valence-corrected chi connectivity index (χ2v) is 15.3. The summed E-state index contributed by atoms with van der Waals surface area (Å²) >= 11 is 3.83. The summed E-state index contributed by atoms with van der Waals surface area (Å²) in [5, 5.41) is 13.1. The Kier molecular flexibility index (Phi) is 6.09. The molecule has 9 aromatic carbocycles. The van der Waals surface area contributed by atoms with E-state index >= 15 is 0 Å². The zero-order valence-electron chi connectivity index (χ0n) is 27.0. The van der Waals surface area contributed by atoms with Gasteiger partial charge in [-0.05, 0) is 102 Å². The fourth-order valence-electron chi connectivity index (χ4n) is 8.17. The van der Waals surface area contributed by atoms with Crippen LogP contribution in [-0.2, 0) is 0 Å². The third-order valence-corrected chi connectivity index (χ3v) is 12.8. The van der Waals surface area contributed by atoms with Crippen LogP contribution in [0.4, 0.5) is 0 Å². The zero-order chi connectivity index (χ0) is 32.8. The van der Waals surface area contributed by atoms with Crippen LogP contribution in [0.2, 0.25) is 0 Å². The molecule has 2 heteroatoms. The van der Waals surface area contributed by atoms with Crippen molar-refractivity contribution in [3.05, 3.63) is 170 Å². The van der Waals surface area contributed by atoms with Gasteiger partial charge in [-0.2, -0.15) is 0 Å². The minimum absolute atomic E-state index is 1.23.